The molecule has 2 aliphatic carbocycles. The molecular formula is C56H69FN10O5. The number of hydrogen-bond donors (Lipinski definition) is 2. The van der Waals surface area contributed by atoms with Crippen LogP contribution < -0.4 is 20.4 Å². The van der Waals surface area contributed by atoms with E-state index in [0.717, 1.165) is 83.8 Å². The summed E-state index contributed by atoms with van der Waals surface area (Å²) in [7, 11) is 0. The second-order valence-corrected chi connectivity index (χ2v) is 22.6. The molecule has 5 amide bonds. The van der Waals surface area contributed by atoms with Crippen LogP contribution in [0.4, 0.5) is 21.6 Å². The lowest BCUT2D eigenvalue weighted by atomic mass is 9.73. The number of nitrogens with one attached hydrogen (secondary N) is 2. The molecule has 15 nitrogen and oxygen atoms in total. The summed E-state index contributed by atoms with van der Waals surface area (Å²) in [6.45, 7) is 9.98. The Bertz CT molecular complexity index is 2790. The van der Waals surface area contributed by atoms with E-state index in [9.17, 15) is 19.2 Å². The highest BCUT2D eigenvalue weighted by Crippen LogP contribution is 2.52. The second-order valence-electron chi connectivity index (χ2n) is 22.6. The van der Waals surface area contributed by atoms with Crippen LogP contribution in [0.3, 0.4) is 0 Å². The summed E-state index contributed by atoms with van der Waals surface area (Å²) in [4.78, 5) is 88.3. The number of hydrogen-bond acceptors (Lipinski definition) is 10. The predicted octanol–water partition coefficient (Wildman–Crippen LogP) is 7.29. The lowest BCUT2D eigenvalue weighted by Crippen LogP contribution is -2.58. The molecule has 5 saturated heterocycles. The van der Waals surface area contributed by atoms with Gasteiger partial charge in [0.2, 0.25) is 29.5 Å². The van der Waals surface area contributed by atoms with Gasteiger partial charge in [0.25, 0.3) is 0 Å². The molecule has 1 spiro atoms. The Labute approximate surface area is 421 Å². The fourth-order valence-corrected chi connectivity index (χ4v) is 13.4. The summed E-state index contributed by atoms with van der Waals surface area (Å²) in [5.41, 5.74) is 6.18. The highest BCUT2D eigenvalue weighted by molar-refractivity contribution is 6.09. The van der Waals surface area contributed by atoms with E-state index < -0.39 is 23.1 Å². The van der Waals surface area contributed by atoms with Crippen LogP contribution in [0.25, 0.3) is 22.3 Å². The van der Waals surface area contributed by atoms with Gasteiger partial charge in [0.05, 0.1) is 28.9 Å². The smallest absolute Gasteiger partial charge is 0.238 e. The molecule has 0 bridgehead atoms. The van der Waals surface area contributed by atoms with E-state index >= 15 is 9.18 Å². The maximum absolute atomic E-state index is 15.3. The highest BCUT2D eigenvalue weighted by atomic mass is 19.1. The maximum atomic E-state index is 15.3. The number of rotatable bonds is 10. The molecule has 4 aromatic rings. The summed E-state index contributed by atoms with van der Waals surface area (Å²) in [5.74, 6) is -0.895. The molecule has 16 heteroatoms. The Morgan fingerprint density at radius 1 is 0.778 bits per heavy atom. The van der Waals surface area contributed by atoms with Gasteiger partial charge in [0.15, 0.2) is 5.82 Å². The molecule has 2 aromatic carbocycles. The summed E-state index contributed by atoms with van der Waals surface area (Å²) < 4.78 is 17.5. The predicted molar refractivity (Wildman–Crippen MR) is 273 cm³/mol. The van der Waals surface area contributed by atoms with Gasteiger partial charge in [0, 0.05) is 104 Å². The minimum absolute atomic E-state index is 0.131. The van der Waals surface area contributed by atoms with E-state index in [1.807, 2.05) is 22.2 Å². The molecule has 380 valence electrons. The third-order valence-corrected chi connectivity index (χ3v) is 18.0. The van der Waals surface area contributed by atoms with Crippen molar-refractivity contribution in [1.82, 2.24) is 34.6 Å². The van der Waals surface area contributed by atoms with Crippen molar-refractivity contribution < 1.29 is 28.4 Å². The first kappa shape index (κ1) is 47.1. The molecule has 8 heterocycles. The van der Waals surface area contributed by atoms with E-state index in [1.165, 1.54) is 25.3 Å². The van der Waals surface area contributed by atoms with E-state index in [2.05, 4.69) is 68.0 Å². The number of anilines is 3. The third-order valence-electron chi connectivity index (χ3n) is 18.0. The van der Waals surface area contributed by atoms with Crippen molar-refractivity contribution >= 4 is 57.8 Å². The van der Waals surface area contributed by atoms with Crippen LogP contribution in [-0.4, -0.2) is 129 Å². The molecule has 6 aliphatic heterocycles. The Balaban J connectivity index is 0.695. The summed E-state index contributed by atoms with van der Waals surface area (Å²) in [5, 5.41) is 6.01. The number of aromatic nitrogens is 3. The van der Waals surface area contributed by atoms with Crippen LogP contribution in [0.2, 0.25) is 0 Å². The van der Waals surface area contributed by atoms with Crippen molar-refractivity contribution in [2.45, 2.75) is 146 Å². The zero-order valence-electron chi connectivity index (χ0n) is 41.9. The molecule has 12 rings (SSSR count). The number of fused-ring (bicyclic) bond motifs is 3. The van der Waals surface area contributed by atoms with Gasteiger partial charge >= 0.3 is 0 Å². The standard InChI is InChI=1S/C56H69FN10O5/c1-34(2)66-33-58-47-32-46(60-51(50(47)66)59-38-7-8-38)37-6-12-44-48(28-37)67(41-29-40(30-41)62-20-4-3-5-21-62)55(72)56(44)18-26-65(27-19-56)54(71)36-16-24-64(25-17-36)53(70)35-14-22-63(23-15-35)39-9-10-42(45(57)31-39)43-11-13-49(68)61-52(43)69/h6,9-10,12,28,31-36,38,40-41,43H,3-5,7-8,11,13-27,29-30H2,1-2H3,(H,59,60)(H,61,68,69). The quantitative estimate of drug-likeness (QED) is 0.155. The Hall–Kier alpha value is -5.90. The second kappa shape index (κ2) is 18.9. The van der Waals surface area contributed by atoms with Gasteiger partial charge in [0.1, 0.15) is 11.3 Å². The van der Waals surface area contributed by atoms with Gasteiger partial charge in [-0.2, -0.15) is 0 Å². The maximum Gasteiger partial charge on any atom is 0.238 e. The first-order chi connectivity index (χ1) is 34.9. The molecule has 2 N–H and O–H groups in total. The molecule has 2 aromatic heterocycles. The normalized spacial score (nSPS) is 25.3. The van der Waals surface area contributed by atoms with Crippen molar-refractivity contribution in [3.05, 3.63) is 65.7 Å². The average molecular weight is 981 g/mol. The number of halogens is 1. The molecule has 1 atom stereocenters. The molecule has 0 radical (unpaired) electrons. The molecule has 8 aliphatic rings. The monoisotopic (exact) mass is 981 g/mol. The van der Waals surface area contributed by atoms with Gasteiger partial charge in [-0.05, 0) is 140 Å². The molecule has 2 saturated carbocycles. The van der Waals surface area contributed by atoms with Crippen molar-refractivity contribution in [2.24, 2.45) is 11.8 Å². The average Bonchev–Trinajstić information content (AvgIpc) is 4.05. The molecule has 1 unspecified atom stereocenters. The number of nitrogens with zero attached hydrogens (tertiary/aromatic N) is 8. The van der Waals surface area contributed by atoms with Crippen LogP contribution in [-0.2, 0) is 29.4 Å². The van der Waals surface area contributed by atoms with Gasteiger partial charge in [-0.25, -0.2) is 14.4 Å². The van der Waals surface area contributed by atoms with Crippen LogP contribution >= 0.6 is 0 Å². The van der Waals surface area contributed by atoms with E-state index in [1.54, 1.807) is 6.07 Å². The SMILES string of the molecule is CC(C)n1cnc2cc(-c3ccc4c(c3)N(C3CC(N5CCCCC5)C3)C(=O)C43CCN(C(=O)C4CCN(C(=O)C5CCN(c6ccc(C7CCC(=O)NC7=O)c(F)c6)CC5)CC4)CC3)nc(NC3CC3)c21. The lowest BCUT2D eigenvalue weighted by Gasteiger charge is -2.48. The van der Waals surface area contributed by atoms with Crippen LogP contribution in [0.5, 0.6) is 0 Å². The number of imidazole rings is 1. The topological polar surface area (TPSA) is 156 Å². The van der Waals surface area contributed by atoms with E-state index in [0.29, 0.717) is 102 Å². The minimum Gasteiger partial charge on any atom is -0.371 e. The number of piperidine rings is 5. The van der Waals surface area contributed by atoms with Gasteiger partial charge in [-0.1, -0.05) is 24.6 Å². The number of pyridine rings is 1. The van der Waals surface area contributed by atoms with Gasteiger partial charge in [-0.15, -0.1) is 0 Å². The Kier molecular flexibility index (Phi) is 12.3. The first-order valence-corrected chi connectivity index (χ1v) is 27.2. The van der Waals surface area contributed by atoms with Crippen molar-refractivity contribution in [3.8, 4) is 11.3 Å². The van der Waals surface area contributed by atoms with E-state index in [4.69, 9.17) is 9.97 Å². The molecular weight excluding hydrogens is 912 g/mol. The van der Waals surface area contributed by atoms with Crippen LogP contribution in [0, 0.1) is 17.7 Å². The fraction of sp³-hybridized carbons (Fsp3) is 0.589. The molecule has 72 heavy (non-hydrogen) atoms. The lowest BCUT2D eigenvalue weighted by molar-refractivity contribution is -0.144. The fourth-order valence-electron chi connectivity index (χ4n) is 13.4. The number of likely N-dealkylation sites (tertiary alicyclic amines) is 3. The number of carbonyl (C=O) groups excluding carboxylic acids is 5. The number of amides is 5. The van der Waals surface area contributed by atoms with Crippen molar-refractivity contribution in [3.63, 3.8) is 0 Å². The minimum atomic E-state index is -0.689. The highest BCUT2D eigenvalue weighted by Gasteiger charge is 2.56. The first-order valence-electron chi connectivity index (χ1n) is 27.2. The van der Waals surface area contributed by atoms with E-state index in [-0.39, 0.29) is 54.0 Å². The molecule has 7 fully saturated rings. The summed E-state index contributed by atoms with van der Waals surface area (Å²) in [6.07, 6.45) is 14.1. The number of imide groups is 1. The zero-order valence-corrected chi connectivity index (χ0v) is 41.9. The number of benzene rings is 2. The largest absolute Gasteiger partial charge is 0.371 e. The Morgan fingerprint density at radius 2 is 1.47 bits per heavy atom. The van der Waals surface area contributed by atoms with Gasteiger partial charge in [-0.3, -0.25) is 29.3 Å². The Morgan fingerprint density at radius 3 is 2.14 bits per heavy atom. The number of carbonyl (C=O) groups is 5. The van der Waals surface area contributed by atoms with Crippen molar-refractivity contribution in [2.75, 3.05) is 67.5 Å². The third kappa shape index (κ3) is 8.52. The summed E-state index contributed by atoms with van der Waals surface area (Å²) >= 11 is 0. The summed E-state index contributed by atoms with van der Waals surface area (Å²) in [6, 6.07) is 14.9. The zero-order chi connectivity index (χ0) is 49.4. The van der Waals surface area contributed by atoms with Gasteiger partial charge < -0.3 is 34.4 Å². The van der Waals surface area contributed by atoms with Crippen LogP contribution in [0.15, 0.2) is 48.8 Å². The van der Waals surface area contributed by atoms with Crippen molar-refractivity contribution in [1.29, 1.82) is 0 Å². The van der Waals surface area contributed by atoms with Crippen LogP contribution in [0.1, 0.15) is 133 Å².